The summed E-state index contributed by atoms with van der Waals surface area (Å²) in [5.41, 5.74) is 8.71. The van der Waals surface area contributed by atoms with Gasteiger partial charge in [0, 0.05) is 29.0 Å². The number of nitrogens with one attached hydrogen (secondary N) is 2. The fourth-order valence-corrected chi connectivity index (χ4v) is 2.97. The largest absolute Gasteiger partial charge is 0.368 e. The van der Waals surface area contributed by atoms with Crippen molar-refractivity contribution in [1.29, 1.82) is 0 Å². The third kappa shape index (κ3) is 4.75. The maximum absolute atomic E-state index is 12.2. The number of unbranched alkanes of at least 4 members (excludes halogenated alkanes) is 1. The van der Waals surface area contributed by atoms with E-state index in [-0.39, 0.29) is 11.5 Å². The molecule has 2 heterocycles. The number of hydrogen-bond donors (Lipinski definition) is 3. The van der Waals surface area contributed by atoms with Crippen LogP contribution in [-0.2, 0) is 12.2 Å². The van der Waals surface area contributed by atoms with Crippen LogP contribution in [0.4, 0.5) is 0 Å². The SMILES string of the molecule is CCCCc1c[nH]n(C(N)=NCCSCc2nc[nH]c2C)c1=O. The molecule has 0 spiro atoms. The Labute approximate surface area is 139 Å². The van der Waals surface area contributed by atoms with Crippen molar-refractivity contribution in [2.45, 2.75) is 38.9 Å². The molecule has 2 rings (SSSR count). The minimum atomic E-state index is -0.0977. The van der Waals surface area contributed by atoms with Crippen LogP contribution in [0.5, 0.6) is 0 Å². The molecule has 0 aliphatic rings. The van der Waals surface area contributed by atoms with E-state index in [0.717, 1.165) is 47.7 Å². The number of imidazole rings is 1. The number of aromatic nitrogens is 4. The summed E-state index contributed by atoms with van der Waals surface area (Å²) < 4.78 is 1.31. The predicted molar refractivity (Wildman–Crippen MR) is 95.0 cm³/mol. The first-order chi connectivity index (χ1) is 11.1. The standard InChI is InChI=1S/C15H24N6OS/c1-3-4-5-12-8-20-21(14(12)22)15(16)17-6-7-23-9-13-11(2)18-10-19-13/h8,10,20H,3-7,9H2,1-2H3,(H2,16,17)(H,18,19). The van der Waals surface area contributed by atoms with Gasteiger partial charge in [-0.3, -0.25) is 14.9 Å². The van der Waals surface area contributed by atoms with E-state index in [4.69, 9.17) is 5.73 Å². The Morgan fingerprint density at radius 1 is 1.52 bits per heavy atom. The fourth-order valence-electron chi connectivity index (χ4n) is 2.12. The zero-order chi connectivity index (χ0) is 16.7. The van der Waals surface area contributed by atoms with Gasteiger partial charge in [0.2, 0.25) is 5.96 Å². The van der Waals surface area contributed by atoms with E-state index < -0.39 is 0 Å². The average Bonchev–Trinajstić information content (AvgIpc) is 3.11. The van der Waals surface area contributed by atoms with Crippen LogP contribution in [0.25, 0.3) is 0 Å². The van der Waals surface area contributed by atoms with Gasteiger partial charge in [-0.05, 0) is 19.8 Å². The number of nitrogens with two attached hydrogens (primary N) is 1. The van der Waals surface area contributed by atoms with Crippen LogP contribution in [0, 0.1) is 6.92 Å². The molecule has 0 aliphatic carbocycles. The molecule has 0 aliphatic heterocycles. The lowest BCUT2D eigenvalue weighted by Crippen LogP contribution is -2.33. The number of rotatable bonds is 8. The normalized spacial score (nSPS) is 12.0. The Kier molecular flexibility index (Phi) is 6.52. The van der Waals surface area contributed by atoms with Crippen molar-refractivity contribution in [2.75, 3.05) is 12.3 Å². The fraction of sp³-hybridized carbons (Fsp3) is 0.533. The number of nitrogens with zero attached hydrogens (tertiary/aromatic N) is 3. The number of aromatic amines is 2. The van der Waals surface area contributed by atoms with E-state index in [2.05, 4.69) is 27.0 Å². The lowest BCUT2D eigenvalue weighted by molar-refractivity contribution is 0.788. The smallest absolute Gasteiger partial charge is 0.276 e. The van der Waals surface area contributed by atoms with Gasteiger partial charge in [0.15, 0.2) is 0 Å². The molecule has 7 nitrogen and oxygen atoms in total. The van der Waals surface area contributed by atoms with Crippen molar-refractivity contribution in [3.63, 3.8) is 0 Å². The minimum absolute atomic E-state index is 0.0977. The minimum Gasteiger partial charge on any atom is -0.368 e. The Hall–Kier alpha value is -1.96. The second-order valence-electron chi connectivity index (χ2n) is 5.31. The van der Waals surface area contributed by atoms with Crippen LogP contribution < -0.4 is 11.3 Å². The molecule has 23 heavy (non-hydrogen) atoms. The first-order valence-corrected chi connectivity index (χ1v) is 8.95. The van der Waals surface area contributed by atoms with Gasteiger partial charge in [-0.2, -0.15) is 16.4 Å². The van der Waals surface area contributed by atoms with Crippen molar-refractivity contribution in [3.05, 3.63) is 39.8 Å². The summed E-state index contributed by atoms with van der Waals surface area (Å²) >= 11 is 1.74. The van der Waals surface area contributed by atoms with Crippen LogP contribution in [0.3, 0.4) is 0 Å². The molecule has 0 atom stereocenters. The second-order valence-corrected chi connectivity index (χ2v) is 6.41. The van der Waals surface area contributed by atoms with E-state index in [1.807, 2.05) is 6.92 Å². The van der Waals surface area contributed by atoms with Crippen LogP contribution >= 0.6 is 11.8 Å². The molecule has 126 valence electrons. The highest BCUT2D eigenvalue weighted by atomic mass is 32.2. The Bertz CT molecular complexity index is 699. The summed E-state index contributed by atoms with van der Waals surface area (Å²) in [5, 5.41) is 2.88. The van der Waals surface area contributed by atoms with E-state index in [1.54, 1.807) is 24.3 Å². The van der Waals surface area contributed by atoms with Gasteiger partial charge in [0.05, 0.1) is 18.6 Å². The molecular weight excluding hydrogens is 312 g/mol. The first kappa shape index (κ1) is 17.4. The van der Waals surface area contributed by atoms with E-state index in [0.29, 0.717) is 6.54 Å². The van der Waals surface area contributed by atoms with Gasteiger partial charge in [-0.15, -0.1) is 0 Å². The van der Waals surface area contributed by atoms with Crippen molar-refractivity contribution in [2.24, 2.45) is 10.7 Å². The van der Waals surface area contributed by atoms with Crippen molar-refractivity contribution in [1.82, 2.24) is 19.7 Å². The molecule has 4 N–H and O–H groups in total. The first-order valence-electron chi connectivity index (χ1n) is 7.79. The zero-order valence-corrected chi connectivity index (χ0v) is 14.4. The van der Waals surface area contributed by atoms with Gasteiger partial charge < -0.3 is 10.7 Å². The number of hydrogen-bond acceptors (Lipinski definition) is 4. The van der Waals surface area contributed by atoms with Gasteiger partial charge in [-0.1, -0.05) is 13.3 Å². The van der Waals surface area contributed by atoms with Crippen molar-refractivity contribution >= 4 is 17.7 Å². The molecular formula is C15H24N6OS. The summed E-state index contributed by atoms with van der Waals surface area (Å²) in [6, 6.07) is 0. The zero-order valence-electron chi connectivity index (χ0n) is 13.6. The van der Waals surface area contributed by atoms with Crippen LogP contribution in [0.1, 0.15) is 36.7 Å². The highest BCUT2D eigenvalue weighted by molar-refractivity contribution is 7.98. The van der Waals surface area contributed by atoms with Gasteiger partial charge in [0.25, 0.3) is 5.56 Å². The van der Waals surface area contributed by atoms with Crippen LogP contribution in [0.15, 0.2) is 22.3 Å². The Balaban J connectivity index is 1.82. The van der Waals surface area contributed by atoms with E-state index in [1.165, 1.54) is 4.68 Å². The molecule has 0 saturated carbocycles. The van der Waals surface area contributed by atoms with Crippen LogP contribution in [-0.4, -0.2) is 38.0 Å². The lowest BCUT2D eigenvalue weighted by atomic mass is 10.2. The number of thioether (sulfide) groups is 1. The molecule has 0 aromatic carbocycles. The maximum atomic E-state index is 12.2. The van der Waals surface area contributed by atoms with Crippen molar-refractivity contribution < 1.29 is 0 Å². The molecule has 0 fully saturated rings. The van der Waals surface area contributed by atoms with E-state index >= 15 is 0 Å². The number of H-pyrrole nitrogens is 2. The molecule has 0 radical (unpaired) electrons. The molecule has 0 unspecified atom stereocenters. The summed E-state index contributed by atoms with van der Waals surface area (Å²) in [7, 11) is 0. The molecule has 0 saturated heterocycles. The third-order valence-electron chi connectivity index (χ3n) is 3.56. The average molecular weight is 336 g/mol. The second kappa shape index (κ2) is 8.61. The predicted octanol–water partition coefficient (Wildman–Crippen LogP) is 1.65. The summed E-state index contributed by atoms with van der Waals surface area (Å²) in [6.45, 7) is 4.67. The summed E-state index contributed by atoms with van der Waals surface area (Å²) in [5.74, 6) is 1.88. The van der Waals surface area contributed by atoms with Crippen LogP contribution in [0.2, 0.25) is 0 Å². The topological polar surface area (TPSA) is 105 Å². The number of aryl methyl sites for hydroxylation is 2. The van der Waals surface area contributed by atoms with E-state index in [9.17, 15) is 4.79 Å². The molecule has 2 aromatic heterocycles. The molecule has 0 bridgehead atoms. The third-order valence-corrected chi connectivity index (χ3v) is 4.51. The van der Waals surface area contributed by atoms with Gasteiger partial charge >= 0.3 is 0 Å². The summed E-state index contributed by atoms with van der Waals surface area (Å²) in [6.07, 6.45) is 6.24. The molecule has 8 heteroatoms. The quantitative estimate of drug-likeness (QED) is 0.387. The molecule has 2 aromatic rings. The highest BCUT2D eigenvalue weighted by Crippen LogP contribution is 2.11. The maximum Gasteiger partial charge on any atom is 0.276 e. The Morgan fingerprint density at radius 3 is 3.04 bits per heavy atom. The Morgan fingerprint density at radius 2 is 2.35 bits per heavy atom. The highest BCUT2D eigenvalue weighted by Gasteiger charge is 2.08. The lowest BCUT2D eigenvalue weighted by Gasteiger charge is -2.01. The monoisotopic (exact) mass is 336 g/mol. The van der Waals surface area contributed by atoms with Gasteiger partial charge in [-0.25, -0.2) is 4.98 Å². The summed E-state index contributed by atoms with van der Waals surface area (Å²) in [4.78, 5) is 23.7. The molecule has 0 amide bonds. The van der Waals surface area contributed by atoms with Gasteiger partial charge in [0.1, 0.15) is 0 Å². The number of aliphatic imine (C=N–C) groups is 1. The van der Waals surface area contributed by atoms with Crippen molar-refractivity contribution in [3.8, 4) is 0 Å².